The van der Waals surface area contributed by atoms with E-state index in [0.29, 0.717) is 10.6 Å². The maximum Gasteiger partial charge on any atom is 0.103 e. The standard InChI is InChI=1S/C10H14ClNO/c1-7(12)10(2,13)8-5-3-4-6-9(8)11/h3-7,13H,12H2,1-2H3. The highest BCUT2D eigenvalue weighted by Gasteiger charge is 2.29. The number of halogens is 1. The van der Waals surface area contributed by atoms with Crippen molar-refractivity contribution in [1.29, 1.82) is 0 Å². The van der Waals surface area contributed by atoms with Gasteiger partial charge < -0.3 is 10.8 Å². The Morgan fingerprint density at radius 2 is 2.00 bits per heavy atom. The summed E-state index contributed by atoms with van der Waals surface area (Å²) in [6.45, 7) is 3.42. The molecule has 72 valence electrons. The molecule has 0 fully saturated rings. The lowest BCUT2D eigenvalue weighted by atomic mass is 9.90. The second-order valence-electron chi connectivity index (χ2n) is 3.42. The lowest BCUT2D eigenvalue weighted by Gasteiger charge is -2.28. The van der Waals surface area contributed by atoms with Gasteiger partial charge >= 0.3 is 0 Å². The highest BCUT2D eigenvalue weighted by atomic mass is 35.5. The van der Waals surface area contributed by atoms with Gasteiger partial charge in [0.25, 0.3) is 0 Å². The summed E-state index contributed by atoms with van der Waals surface area (Å²) in [5, 5.41) is 10.6. The molecule has 0 radical (unpaired) electrons. The van der Waals surface area contributed by atoms with Gasteiger partial charge in [-0.25, -0.2) is 0 Å². The second kappa shape index (κ2) is 3.66. The van der Waals surface area contributed by atoms with Crippen LogP contribution in [-0.2, 0) is 5.60 Å². The molecule has 0 aliphatic heterocycles. The Hall–Kier alpha value is -0.570. The number of hydrogen-bond donors (Lipinski definition) is 2. The van der Waals surface area contributed by atoms with Crippen LogP contribution in [-0.4, -0.2) is 11.1 Å². The summed E-state index contributed by atoms with van der Waals surface area (Å²) in [7, 11) is 0. The first-order valence-corrected chi connectivity index (χ1v) is 4.57. The van der Waals surface area contributed by atoms with Gasteiger partial charge in [0.05, 0.1) is 0 Å². The average molecular weight is 200 g/mol. The van der Waals surface area contributed by atoms with Crippen molar-refractivity contribution < 1.29 is 5.11 Å². The van der Waals surface area contributed by atoms with Crippen molar-refractivity contribution in [1.82, 2.24) is 0 Å². The zero-order chi connectivity index (χ0) is 10.1. The molecule has 0 amide bonds. The van der Waals surface area contributed by atoms with Crippen molar-refractivity contribution in [2.75, 3.05) is 0 Å². The van der Waals surface area contributed by atoms with E-state index < -0.39 is 5.60 Å². The van der Waals surface area contributed by atoms with E-state index in [2.05, 4.69) is 0 Å². The van der Waals surface area contributed by atoms with E-state index >= 15 is 0 Å². The van der Waals surface area contributed by atoms with Crippen LogP contribution in [0.25, 0.3) is 0 Å². The Balaban J connectivity index is 3.14. The van der Waals surface area contributed by atoms with Gasteiger partial charge in [0.15, 0.2) is 0 Å². The van der Waals surface area contributed by atoms with Crippen LogP contribution in [0.15, 0.2) is 24.3 Å². The van der Waals surface area contributed by atoms with Gasteiger partial charge in [0, 0.05) is 16.6 Å². The normalized spacial score (nSPS) is 17.9. The molecule has 2 atom stereocenters. The molecule has 13 heavy (non-hydrogen) atoms. The van der Waals surface area contributed by atoms with E-state index in [4.69, 9.17) is 17.3 Å². The van der Waals surface area contributed by atoms with E-state index in [1.165, 1.54) is 0 Å². The van der Waals surface area contributed by atoms with Gasteiger partial charge in [-0.3, -0.25) is 0 Å². The lowest BCUT2D eigenvalue weighted by molar-refractivity contribution is 0.0350. The number of nitrogens with two attached hydrogens (primary N) is 1. The van der Waals surface area contributed by atoms with Crippen molar-refractivity contribution in [3.05, 3.63) is 34.9 Å². The van der Waals surface area contributed by atoms with Crippen molar-refractivity contribution in [2.45, 2.75) is 25.5 Å². The third kappa shape index (κ3) is 2.02. The van der Waals surface area contributed by atoms with Crippen LogP contribution in [0.5, 0.6) is 0 Å². The monoisotopic (exact) mass is 199 g/mol. The van der Waals surface area contributed by atoms with Crippen LogP contribution >= 0.6 is 11.6 Å². The van der Waals surface area contributed by atoms with Crippen LogP contribution in [0.3, 0.4) is 0 Å². The van der Waals surface area contributed by atoms with E-state index in [-0.39, 0.29) is 6.04 Å². The average Bonchev–Trinajstić information content (AvgIpc) is 2.04. The molecule has 3 heteroatoms. The van der Waals surface area contributed by atoms with Crippen molar-refractivity contribution in [3.8, 4) is 0 Å². The minimum Gasteiger partial charge on any atom is -0.384 e. The van der Waals surface area contributed by atoms with Crippen LogP contribution in [0.1, 0.15) is 19.4 Å². The number of hydrogen-bond acceptors (Lipinski definition) is 2. The third-order valence-corrected chi connectivity index (χ3v) is 2.64. The van der Waals surface area contributed by atoms with Crippen molar-refractivity contribution in [2.24, 2.45) is 5.73 Å². The predicted molar refractivity (Wildman–Crippen MR) is 54.7 cm³/mol. The van der Waals surface area contributed by atoms with Gasteiger partial charge in [-0.1, -0.05) is 29.8 Å². The summed E-state index contributed by atoms with van der Waals surface area (Å²) in [4.78, 5) is 0. The molecule has 0 saturated carbocycles. The Labute approximate surface area is 83.3 Å². The third-order valence-electron chi connectivity index (χ3n) is 2.31. The minimum atomic E-state index is -1.07. The molecule has 0 aliphatic carbocycles. The molecule has 0 bridgehead atoms. The summed E-state index contributed by atoms with van der Waals surface area (Å²) in [5.74, 6) is 0. The fourth-order valence-corrected chi connectivity index (χ4v) is 1.44. The first-order valence-electron chi connectivity index (χ1n) is 4.19. The Bertz CT molecular complexity index is 297. The Morgan fingerprint density at radius 3 is 2.46 bits per heavy atom. The van der Waals surface area contributed by atoms with Crippen molar-refractivity contribution >= 4 is 11.6 Å². The molecule has 0 saturated heterocycles. The fraction of sp³-hybridized carbons (Fsp3) is 0.400. The van der Waals surface area contributed by atoms with Crippen LogP contribution in [0, 0.1) is 0 Å². The van der Waals surface area contributed by atoms with E-state index in [9.17, 15) is 5.11 Å². The van der Waals surface area contributed by atoms with E-state index in [0.717, 1.165) is 0 Å². The van der Waals surface area contributed by atoms with E-state index in [1.807, 2.05) is 12.1 Å². The van der Waals surface area contributed by atoms with Crippen LogP contribution < -0.4 is 5.73 Å². The summed E-state index contributed by atoms with van der Waals surface area (Å²) in [5.41, 5.74) is 5.26. The molecule has 1 aromatic rings. The Kier molecular flexibility index (Phi) is 2.96. The van der Waals surface area contributed by atoms with Gasteiger partial charge in [-0.2, -0.15) is 0 Å². The van der Waals surface area contributed by atoms with E-state index in [1.54, 1.807) is 26.0 Å². The van der Waals surface area contributed by atoms with Gasteiger partial charge in [-0.15, -0.1) is 0 Å². The fourth-order valence-electron chi connectivity index (χ4n) is 1.12. The molecule has 0 spiro atoms. The number of rotatable bonds is 2. The molecular weight excluding hydrogens is 186 g/mol. The van der Waals surface area contributed by atoms with Gasteiger partial charge in [0.2, 0.25) is 0 Å². The predicted octanol–water partition coefficient (Wildman–Crippen LogP) is 1.89. The summed E-state index contributed by atoms with van der Waals surface area (Å²) < 4.78 is 0. The molecule has 3 N–H and O–H groups in total. The van der Waals surface area contributed by atoms with Gasteiger partial charge in [-0.05, 0) is 19.9 Å². The zero-order valence-corrected chi connectivity index (χ0v) is 8.55. The highest BCUT2D eigenvalue weighted by Crippen LogP contribution is 2.29. The Morgan fingerprint density at radius 1 is 1.46 bits per heavy atom. The number of benzene rings is 1. The zero-order valence-electron chi connectivity index (χ0n) is 7.79. The molecule has 0 aliphatic rings. The summed E-state index contributed by atoms with van der Waals surface area (Å²) in [6, 6.07) is 6.83. The first kappa shape index (κ1) is 10.5. The summed E-state index contributed by atoms with van der Waals surface area (Å²) >= 11 is 5.94. The van der Waals surface area contributed by atoms with Crippen LogP contribution in [0.4, 0.5) is 0 Å². The second-order valence-corrected chi connectivity index (χ2v) is 3.82. The molecule has 1 aromatic carbocycles. The molecule has 0 heterocycles. The molecule has 1 rings (SSSR count). The maximum absolute atomic E-state index is 10.0. The highest BCUT2D eigenvalue weighted by molar-refractivity contribution is 6.31. The smallest absolute Gasteiger partial charge is 0.103 e. The lowest BCUT2D eigenvalue weighted by Crippen LogP contribution is -2.40. The molecule has 2 unspecified atom stereocenters. The largest absolute Gasteiger partial charge is 0.384 e. The molecule has 0 aromatic heterocycles. The number of aliphatic hydroxyl groups is 1. The quantitative estimate of drug-likeness (QED) is 0.764. The maximum atomic E-state index is 10.0. The molecule has 2 nitrogen and oxygen atoms in total. The van der Waals surface area contributed by atoms with Gasteiger partial charge in [0.1, 0.15) is 5.60 Å². The van der Waals surface area contributed by atoms with Crippen molar-refractivity contribution in [3.63, 3.8) is 0 Å². The summed E-state index contributed by atoms with van der Waals surface area (Å²) in [6.07, 6.45) is 0. The minimum absolute atomic E-state index is 0.354. The van der Waals surface area contributed by atoms with Crippen LogP contribution in [0.2, 0.25) is 5.02 Å². The first-order chi connectivity index (χ1) is 5.96. The SMILES string of the molecule is CC(N)C(C)(O)c1ccccc1Cl. The molecular formula is C10H14ClNO. The topological polar surface area (TPSA) is 46.2 Å².